The fourth-order valence-electron chi connectivity index (χ4n) is 1.87. The monoisotopic (exact) mass is 311 g/mol. The van der Waals surface area contributed by atoms with Gasteiger partial charge in [0.1, 0.15) is 6.61 Å². The van der Waals surface area contributed by atoms with Crippen molar-refractivity contribution in [3.05, 3.63) is 29.8 Å². The lowest BCUT2D eigenvalue weighted by atomic mass is 10.2. The minimum absolute atomic E-state index is 0.0596. The Labute approximate surface area is 126 Å². The number of hydrogen-bond acceptors (Lipinski definition) is 4. The van der Waals surface area contributed by atoms with Crippen LogP contribution in [-0.4, -0.2) is 49.2 Å². The first-order valence-electron chi connectivity index (χ1n) is 6.87. The first-order valence-corrected chi connectivity index (χ1v) is 8.31. The maximum absolute atomic E-state index is 12.7. The van der Waals surface area contributed by atoms with E-state index in [-0.39, 0.29) is 24.7 Å². The molecule has 116 valence electrons. The molecule has 0 spiro atoms. The van der Waals surface area contributed by atoms with E-state index >= 15 is 0 Å². The van der Waals surface area contributed by atoms with E-state index in [0.29, 0.717) is 12.1 Å². The molecule has 1 aromatic carbocycles. The second-order valence-corrected chi connectivity index (χ2v) is 6.34. The highest BCUT2D eigenvalue weighted by molar-refractivity contribution is 7.89. The van der Waals surface area contributed by atoms with Gasteiger partial charge in [0, 0.05) is 18.7 Å². The molecule has 0 amide bonds. The number of aliphatic hydroxyl groups excluding tert-OH is 2. The van der Waals surface area contributed by atoms with Crippen molar-refractivity contribution < 1.29 is 18.6 Å². The van der Waals surface area contributed by atoms with Gasteiger partial charge in [0.25, 0.3) is 0 Å². The summed E-state index contributed by atoms with van der Waals surface area (Å²) in [5, 5.41) is 17.9. The van der Waals surface area contributed by atoms with Crippen molar-refractivity contribution in [2.24, 2.45) is 0 Å². The van der Waals surface area contributed by atoms with Crippen molar-refractivity contribution in [2.45, 2.75) is 24.7 Å². The van der Waals surface area contributed by atoms with Gasteiger partial charge in [0.2, 0.25) is 10.0 Å². The van der Waals surface area contributed by atoms with Gasteiger partial charge in [0.15, 0.2) is 0 Å². The first kappa shape index (κ1) is 17.7. The predicted molar refractivity (Wildman–Crippen MR) is 81.2 cm³/mol. The Morgan fingerprint density at radius 2 is 1.90 bits per heavy atom. The fraction of sp³-hybridized carbons (Fsp3) is 0.467. The lowest BCUT2D eigenvalue weighted by Crippen LogP contribution is -2.34. The summed E-state index contributed by atoms with van der Waals surface area (Å²) < 4.78 is 26.7. The highest BCUT2D eigenvalue weighted by atomic mass is 32.2. The first-order chi connectivity index (χ1) is 10.1. The average molecular weight is 311 g/mol. The smallest absolute Gasteiger partial charge is 0.244 e. The van der Waals surface area contributed by atoms with Crippen LogP contribution in [0.25, 0.3) is 0 Å². The largest absolute Gasteiger partial charge is 0.395 e. The molecule has 0 saturated heterocycles. The summed E-state index contributed by atoms with van der Waals surface area (Å²) >= 11 is 0. The van der Waals surface area contributed by atoms with E-state index in [4.69, 9.17) is 10.2 Å². The Hall–Kier alpha value is -1.39. The third kappa shape index (κ3) is 4.83. The fourth-order valence-corrected chi connectivity index (χ4v) is 3.48. The van der Waals surface area contributed by atoms with E-state index in [0.717, 1.165) is 12.8 Å². The van der Waals surface area contributed by atoms with E-state index in [9.17, 15) is 8.42 Å². The summed E-state index contributed by atoms with van der Waals surface area (Å²) in [7, 11) is -3.71. The van der Waals surface area contributed by atoms with Gasteiger partial charge in [0.05, 0.1) is 11.5 Å². The molecule has 0 aliphatic heterocycles. The summed E-state index contributed by atoms with van der Waals surface area (Å²) in [6, 6.07) is 6.43. The Kier molecular flexibility index (Phi) is 7.40. The third-order valence-corrected chi connectivity index (χ3v) is 4.87. The highest BCUT2D eigenvalue weighted by Crippen LogP contribution is 2.20. The van der Waals surface area contributed by atoms with Gasteiger partial charge < -0.3 is 10.2 Å². The molecule has 0 aliphatic rings. The number of unbranched alkanes of at least 4 members (excludes halogenated alkanes) is 1. The van der Waals surface area contributed by atoms with Crippen LogP contribution in [0.3, 0.4) is 0 Å². The van der Waals surface area contributed by atoms with E-state index in [1.165, 1.54) is 10.4 Å². The zero-order chi connectivity index (χ0) is 15.7. The molecular weight excluding hydrogens is 290 g/mol. The third-order valence-electron chi connectivity index (χ3n) is 2.92. The lowest BCUT2D eigenvalue weighted by Gasteiger charge is -2.21. The van der Waals surface area contributed by atoms with Crippen LogP contribution in [0.5, 0.6) is 0 Å². The number of rotatable bonds is 7. The predicted octanol–water partition coefficient (Wildman–Crippen LogP) is 0.813. The van der Waals surface area contributed by atoms with Crippen LogP contribution >= 0.6 is 0 Å². The molecule has 6 heteroatoms. The molecule has 0 aliphatic carbocycles. The van der Waals surface area contributed by atoms with E-state index in [2.05, 4.69) is 11.8 Å². The van der Waals surface area contributed by atoms with Crippen molar-refractivity contribution in [1.82, 2.24) is 4.31 Å². The van der Waals surface area contributed by atoms with Gasteiger partial charge >= 0.3 is 0 Å². The molecule has 0 bridgehead atoms. The minimum Gasteiger partial charge on any atom is -0.395 e. The highest BCUT2D eigenvalue weighted by Gasteiger charge is 2.25. The van der Waals surface area contributed by atoms with Gasteiger partial charge in [-0.1, -0.05) is 37.3 Å². The van der Waals surface area contributed by atoms with Crippen LogP contribution in [-0.2, 0) is 10.0 Å². The van der Waals surface area contributed by atoms with Crippen molar-refractivity contribution in [3.63, 3.8) is 0 Å². The summed E-state index contributed by atoms with van der Waals surface area (Å²) in [6.45, 7) is 1.84. The Bertz CT molecular complexity index is 602. The molecule has 1 aromatic rings. The van der Waals surface area contributed by atoms with Crippen LogP contribution in [0.1, 0.15) is 25.3 Å². The molecule has 0 saturated carbocycles. The Morgan fingerprint density at radius 1 is 1.19 bits per heavy atom. The number of benzene rings is 1. The van der Waals surface area contributed by atoms with Gasteiger partial charge in [-0.25, -0.2) is 8.42 Å². The van der Waals surface area contributed by atoms with Crippen molar-refractivity contribution in [1.29, 1.82) is 0 Å². The van der Waals surface area contributed by atoms with Crippen LogP contribution in [0, 0.1) is 11.8 Å². The lowest BCUT2D eigenvalue weighted by molar-refractivity contribution is 0.252. The summed E-state index contributed by atoms with van der Waals surface area (Å²) in [5.41, 5.74) is 0.353. The molecule has 0 atom stereocenters. The summed E-state index contributed by atoms with van der Waals surface area (Å²) in [4.78, 5) is 0.107. The van der Waals surface area contributed by atoms with Gasteiger partial charge in [-0.3, -0.25) is 0 Å². The second-order valence-electron chi connectivity index (χ2n) is 4.44. The van der Waals surface area contributed by atoms with Crippen LogP contribution in [0.2, 0.25) is 0 Å². The van der Waals surface area contributed by atoms with Crippen molar-refractivity contribution >= 4 is 10.0 Å². The summed E-state index contributed by atoms with van der Waals surface area (Å²) in [5.74, 6) is 5.12. The van der Waals surface area contributed by atoms with E-state index in [1.54, 1.807) is 18.2 Å². The zero-order valence-corrected chi connectivity index (χ0v) is 12.9. The normalized spacial score (nSPS) is 11.2. The molecular formula is C15H21NO4S. The molecule has 5 nitrogen and oxygen atoms in total. The molecule has 0 heterocycles. The molecule has 21 heavy (non-hydrogen) atoms. The van der Waals surface area contributed by atoms with Crippen LogP contribution < -0.4 is 0 Å². The quantitative estimate of drug-likeness (QED) is 0.731. The van der Waals surface area contributed by atoms with Crippen LogP contribution in [0.15, 0.2) is 29.2 Å². The van der Waals surface area contributed by atoms with Gasteiger partial charge in [-0.05, 0) is 18.6 Å². The van der Waals surface area contributed by atoms with E-state index in [1.807, 2.05) is 6.92 Å². The summed E-state index contributed by atoms with van der Waals surface area (Å²) in [6.07, 6.45) is 1.59. The SMILES string of the molecule is CCCCN(CCO)S(=O)(=O)c1ccccc1C#CCO. The topological polar surface area (TPSA) is 77.8 Å². The maximum Gasteiger partial charge on any atom is 0.244 e. The van der Waals surface area contributed by atoms with Crippen molar-refractivity contribution in [3.8, 4) is 11.8 Å². The maximum atomic E-state index is 12.7. The minimum atomic E-state index is -3.71. The number of aliphatic hydroxyl groups is 2. The van der Waals surface area contributed by atoms with Gasteiger partial charge in [-0.15, -0.1) is 0 Å². The molecule has 0 aromatic heterocycles. The number of hydrogen-bond donors (Lipinski definition) is 2. The Morgan fingerprint density at radius 3 is 2.52 bits per heavy atom. The molecule has 2 N–H and O–H groups in total. The van der Waals surface area contributed by atoms with E-state index < -0.39 is 10.0 Å². The number of nitrogens with zero attached hydrogens (tertiary/aromatic N) is 1. The molecule has 0 fully saturated rings. The molecule has 0 radical (unpaired) electrons. The van der Waals surface area contributed by atoms with Gasteiger partial charge in [-0.2, -0.15) is 4.31 Å². The standard InChI is InChI=1S/C15H21NO4S/c1-2-3-10-16(11-13-18)21(19,20)15-9-5-4-7-14(15)8-6-12-17/h4-5,7,9,17-18H,2-3,10-13H2,1H3. The zero-order valence-electron chi connectivity index (χ0n) is 12.1. The molecule has 0 unspecified atom stereocenters. The van der Waals surface area contributed by atoms with Crippen molar-refractivity contribution in [2.75, 3.05) is 26.3 Å². The molecule has 1 rings (SSSR count). The second kappa shape index (κ2) is 8.80. The Balaban J connectivity index is 3.21. The average Bonchev–Trinajstić information content (AvgIpc) is 2.49. The van der Waals surface area contributed by atoms with Crippen LogP contribution in [0.4, 0.5) is 0 Å². The number of sulfonamides is 1.